The standard InChI is InChI=1S/C12H15BrO2/c1-8(2)12(13)11(7-14)9-3-5-10(15)6-4-9/h3-8,11-12,15H,1-2H3. The van der Waals surface area contributed by atoms with Crippen molar-refractivity contribution in [3.05, 3.63) is 29.8 Å². The number of halogens is 1. The number of phenols is 1. The summed E-state index contributed by atoms with van der Waals surface area (Å²) in [7, 11) is 0. The molecule has 0 saturated carbocycles. The smallest absolute Gasteiger partial charge is 0.128 e. The molecule has 82 valence electrons. The fraction of sp³-hybridized carbons (Fsp3) is 0.417. The molecule has 2 nitrogen and oxygen atoms in total. The van der Waals surface area contributed by atoms with Gasteiger partial charge in [-0.1, -0.05) is 41.9 Å². The van der Waals surface area contributed by atoms with Crippen molar-refractivity contribution in [3.8, 4) is 5.75 Å². The molecule has 0 amide bonds. The number of benzene rings is 1. The Morgan fingerprint density at radius 1 is 1.27 bits per heavy atom. The molecule has 0 saturated heterocycles. The van der Waals surface area contributed by atoms with E-state index < -0.39 is 0 Å². The molecule has 2 unspecified atom stereocenters. The summed E-state index contributed by atoms with van der Waals surface area (Å²) in [5, 5.41) is 9.16. The summed E-state index contributed by atoms with van der Waals surface area (Å²) in [6, 6.07) is 6.77. The van der Waals surface area contributed by atoms with Gasteiger partial charge < -0.3 is 9.90 Å². The van der Waals surface area contributed by atoms with Crippen molar-refractivity contribution in [2.75, 3.05) is 0 Å². The van der Waals surface area contributed by atoms with Crippen LogP contribution in [0, 0.1) is 5.92 Å². The number of hydrogen-bond donors (Lipinski definition) is 1. The summed E-state index contributed by atoms with van der Waals surface area (Å²) in [4.78, 5) is 11.2. The molecule has 1 rings (SSSR count). The molecule has 15 heavy (non-hydrogen) atoms. The van der Waals surface area contributed by atoms with Gasteiger partial charge in [0.1, 0.15) is 12.0 Å². The van der Waals surface area contributed by atoms with Gasteiger partial charge in [0.2, 0.25) is 0 Å². The summed E-state index contributed by atoms with van der Waals surface area (Å²) >= 11 is 3.53. The van der Waals surface area contributed by atoms with Crippen LogP contribution < -0.4 is 0 Å². The molecule has 1 aromatic rings. The van der Waals surface area contributed by atoms with Gasteiger partial charge in [-0.15, -0.1) is 0 Å². The van der Waals surface area contributed by atoms with Gasteiger partial charge in [0.15, 0.2) is 0 Å². The number of alkyl halides is 1. The number of aldehydes is 1. The molecule has 0 fully saturated rings. The van der Waals surface area contributed by atoms with E-state index in [0.717, 1.165) is 11.8 Å². The van der Waals surface area contributed by atoms with Gasteiger partial charge in [0.05, 0.1) is 5.92 Å². The topological polar surface area (TPSA) is 37.3 Å². The number of phenolic OH excluding ortho intramolecular Hbond substituents is 1. The van der Waals surface area contributed by atoms with Crippen molar-refractivity contribution in [2.24, 2.45) is 5.92 Å². The van der Waals surface area contributed by atoms with E-state index in [1.54, 1.807) is 24.3 Å². The van der Waals surface area contributed by atoms with Crippen molar-refractivity contribution >= 4 is 22.2 Å². The van der Waals surface area contributed by atoms with Crippen LogP contribution in [-0.2, 0) is 4.79 Å². The van der Waals surface area contributed by atoms with E-state index in [0.29, 0.717) is 5.92 Å². The first-order valence-corrected chi connectivity index (χ1v) is 5.86. The molecule has 3 heteroatoms. The maximum Gasteiger partial charge on any atom is 0.128 e. The normalized spacial score (nSPS) is 14.9. The van der Waals surface area contributed by atoms with Crippen LogP contribution in [0.4, 0.5) is 0 Å². The SMILES string of the molecule is CC(C)C(Br)C(C=O)c1ccc(O)cc1. The average molecular weight is 271 g/mol. The first kappa shape index (κ1) is 12.2. The molecule has 0 radical (unpaired) electrons. The van der Waals surface area contributed by atoms with Gasteiger partial charge in [0.25, 0.3) is 0 Å². The van der Waals surface area contributed by atoms with Crippen molar-refractivity contribution in [3.63, 3.8) is 0 Å². The first-order chi connectivity index (χ1) is 7.06. The third-order valence-corrected chi connectivity index (χ3v) is 4.03. The van der Waals surface area contributed by atoms with Crippen LogP contribution in [-0.4, -0.2) is 16.2 Å². The largest absolute Gasteiger partial charge is 0.508 e. The number of rotatable bonds is 4. The third kappa shape index (κ3) is 3.06. The predicted octanol–water partition coefficient (Wildman–Crippen LogP) is 3.09. The van der Waals surface area contributed by atoms with Gasteiger partial charge in [0, 0.05) is 4.83 Å². The van der Waals surface area contributed by atoms with Crippen LogP contribution in [0.1, 0.15) is 25.3 Å². The highest BCUT2D eigenvalue weighted by molar-refractivity contribution is 9.09. The van der Waals surface area contributed by atoms with Gasteiger partial charge in [-0.05, 0) is 23.6 Å². The van der Waals surface area contributed by atoms with Crippen molar-refractivity contribution in [2.45, 2.75) is 24.6 Å². The van der Waals surface area contributed by atoms with Crippen molar-refractivity contribution in [1.29, 1.82) is 0 Å². The maximum atomic E-state index is 11.0. The van der Waals surface area contributed by atoms with Gasteiger partial charge in [-0.25, -0.2) is 0 Å². The van der Waals surface area contributed by atoms with Crippen LogP contribution >= 0.6 is 15.9 Å². The van der Waals surface area contributed by atoms with E-state index in [2.05, 4.69) is 29.8 Å². The lowest BCUT2D eigenvalue weighted by Gasteiger charge is -2.20. The van der Waals surface area contributed by atoms with E-state index in [9.17, 15) is 4.79 Å². The summed E-state index contributed by atoms with van der Waals surface area (Å²) in [5.74, 6) is 0.443. The van der Waals surface area contributed by atoms with Crippen LogP contribution in [0.15, 0.2) is 24.3 Å². The molecule has 0 aliphatic rings. The Labute approximate surface area is 98.4 Å². The summed E-state index contributed by atoms with van der Waals surface area (Å²) in [5.41, 5.74) is 0.929. The molecule has 0 aromatic heterocycles. The van der Waals surface area contributed by atoms with Crippen LogP contribution in [0.2, 0.25) is 0 Å². The molecule has 0 aliphatic heterocycles. The Morgan fingerprint density at radius 2 is 1.80 bits per heavy atom. The second kappa shape index (κ2) is 5.31. The lowest BCUT2D eigenvalue weighted by molar-refractivity contribution is -0.109. The Bertz CT molecular complexity index is 319. The summed E-state index contributed by atoms with van der Waals surface area (Å²) in [6.45, 7) is 4.13. The summed E-state index contributed by atoms with van der Waals surface area (Å²) < 4.78 is 0. The van der Waals surface area contributed by atoms with E-state index >= 15 is 0 Å². The molecule has 1 aromatic carbocycles. The average Bonchev–Trinajstić information content (AvgIpc) is 2.21. The minimum absolute atomic E-state index is 0.125. The highest BCUT2D eigenvalue weighted by Gasteiger charge is 2.22. The molecule has 2 atom stereocenters. The number of carbonyl (C=O) groups is 1. The summed E-state index contributed by atoms with van der Waals surface area (Å²) in [6.07, 6.45) is 0.950. The van der Waals surface area contributed by atoms with Gasteiger partial charge in [-0.3, -0.25) is 0 Å². The number of carbonyl (C=O) groups excluding carboxylic acids is 1. The van der Waals surface area contributed by atoms with Crippen LogP contribution in [0.3, 0.4) is 0 Å². The second-order valence-corrected chi connectivity index (χ2v) is 5.00. The number of aromatic hydroxyl groups is 1. The Morgan fingerprint density at radius 3 is 2.20 bits per heavy atom. The highest BCUT2D eigenvalue weighted by atomic mass is 79.9. The van der Waals surface area contributed by atoms with Crippen molar-refractivity contribution in [1.82, 2.24) is 0 Å². The molecule has 1 N–H and O–H groups in total. The lowest BCUT2D eigenvalue weighted by Crippen LogP contribution is -2.19. The van der Waals surface area contributed by atoms with E-state index in [1.807, 2.05) is 0 Å². The molecular weight excluding hydrogens is 256 g/mol. The lowest BCUT2D eigenvalue weighted by atomic mass is 9.91. The Balaban J connectivity index is 2.92. The number of hydrogen-bond acceptors (Lipinski definition) is 2. The van der Waals surface area contributed by atoms with Crippen LogP contribution in [0.5, 0.6) is 5.75 Å². The third-order valence-electron chi connectivity index (χ3n) is 2.40. The highest BCUT2D eigenvalue weighted by Crippen LogP contribution is 2.29. The molecular formula is C12H15BrO2. The van der Waals surface area contributed by atoms with Gasteiger partial charge in [-0.2, -0.15) is 0 Å². The zero-order valence-electron chi connectivity index (χ0n) is 8.85. The monoisotopic (exact) mass is 270 g/mol. The zero-order chi connectivity index (χ0) is 11.4. The Hall–Kier alpha value is -0.830. The second-order valence-electron chi connectivity index (χ2n) is 3.94. The molecule has 0 aliphatic carbocycles. The zero-order valence-corrected chi connectivity index (χ0v) is 10.4. The molecule has 0 heterocycles. The first-order valence-electron chi connectivity index (χ1n) is 4.94. The van der Waals surface area contributed by atoms with Gasteiger partial charge >= 0.3 is 0 Å². The van der Waals surface area contributed by atoms with Crippen LogP contribution in [0.25, 0.3) is 0 Å². The Kier molecular flexibility index (Phi) is 4.33. The minimum atomic E-state index is -0.161. The minimum Gasteiger partial charge on any atom is -0.508 e. The molecule has 0 spiro atoms. The fourth-order valence-corrected chi connectivity index (χ4v) is 1.88. The predicted molar refractivity (Wildman–Crippen MR) is 64.5 cm³/mol. The quantitative estimate of drug-likeness (QED) is 0.675. The maximum absolute atomic E-state index is 11.0. The fourth-order valence-electron chi connectivity index (χ4n) is 1.45. The van der Waals surface area contributed by atoms with E-state index in [-0.39, 0.29) is 16.5 Å². The van der Waals surface area contributed by atoms with E-state index in [1.165, 1.54) is 0 Å². The van der Waals surface area contributed by atoms with Crippen molar-refractivity contribution < 1.29 is 9.90 Å². The van der Waals surface area contributed by atoms with E-state index in [4.69, 9.17) is 5.11 Å². The molecule has 0 bridgehead atoms.